The monoisotopic (exact) mass is 209 g/mol. The molecule has 1 aromatic rings. The van der Waals surface area contributed by atoms with E-state index in [2.05, 4.69) is 13.0 Å². The third-order valence-corrected chi connectivity index (χ3v) is 3.52. The molecule has 0 aromatic heterocycles. The maximum atomic E-state index is 6.30. The number of rotatable bonds is 2. The molecule has 2 heteroatoms. The number of benzene rings is 1. The average Bonchev–Trinajstić information content (AvgIpc) is 2.13. The van der Waals surface area contributed by atoms with Gasteiger partial charge in [0.15, 0.2) is 0 Å². The molecular weight excluding hydrogens is 194 g/mol. The van der Waals surface area contributed by atoms with Gasteiger partial charge < -0.3 is 5.73 Å². The van der Waals surface area contributed by atoms with Gasteiger partial charge in [-0.05, 0) is 36.5 Å². The lowest BCUT2D eigenvalue weighted by molar-refractivity contribution is 0.143. The highest BCUT2D eigenvalue weighted by atomic mass is 35.5. The fourth-order valence-corrected chi connectivity index (χ4v) is 2.48. The first-order valence-electron chi connectivity index (χ1n) is 5.19. The van der Waals surface area contributed by atoms with E-state index in [1.54, 1.807) is 0 Å². The van der Waals surface area contributed by atoms with E-state index in [4.69, 9.17) is 17.3 Å². The van der Waals surface area contributed by atoms with Crippen LogP contribution in [0.1, 0.15) is 31.7 Å². The summed E-state index contributed by atoms with van der Waals surface area (Å²) in [5.41, 5.74) is 7.38. The summed E-state index contributed by atoms with van der Waals surface area (Å²) in [5, 5.41) is 0.785. The van der Waals surface area contributed by atoms with Gasteiger partial charge in [-0.25, -0.2) is 0 Å². The van der Waals surface area contributed by atoms with Gasteiger partial charge >= 0.3 is 0 Å². The van der Waals surface area contributed by atoms with Crippen molar-refractivity contribution in [3.05, 3.63) is 34.9 Å². The molecule has 1 aliphatic rings. The molecule has 0 radical (unpaired) electrons. The van der Waals surface area contributed by atoms with Crippen LogP contribution in [0, 0.1) is 5.92 Å². The zero-order valence-corrected chi connectivity index (χ0v) is 9.22. The van der Waals surface area contributed by atoms with Gasteiger partial charge in [0.05, 0.1) is 0 Å². The minimum atomic E-state index is -0.106. The molecule has 2 rings (SSSR count). The molecule has 14 heavy (non-hydrogen) atoms. The van der Waals surface area contributed by atoms with Crippen molar-refractivity contribution in [1.82, 2.24) is 0 Å². The highest BCUT2D eigenvalue weighted by Crippen LogP contribution is 2.45. The van der Waals surface area contributed by atoms with Crippen molar-refractivity contribution in [1.29, 1.82) is 0 Å². The normalized spacial score (nSPS) is 31.2. The van der Waals surface area contributed by atoms with E-state index in [-0.39, 0.29) is 5.54 Å². The van der Waals surface area contributed by atoms with E-state index in [1.165, 1.54) is 12.0 Å². The summed E-state index contributed by atoms with van der Waals surface area (Å²) < 4.78 is 0. The van der Waals surface area contributed by atoms with Crippen LogP contribution in [0.25, 0.3) is 0 Å². The average molecular weight is 210 g/mol. The molecule has 0 unspecified atom stereocenters. The Morgan fingerprint density at radius 3 is 2.79 bits per heavy atom. The molecule has 76 valence electrons. The van der Waals surface area contributed by atoms with Crippen LogP contribution >= 0.6 is 11.6 Å². The van der Waals surface area contributed by atoms with Crippen molar-refractivity contribution in [2.24, 2.45) is 11.7 Å². The third-order valence-electron chi connectivity index (χ3n) is 3.28. The maximum absolute atomic E-state index is 6.30. The Morgan fingerprint density at radius 1 is 1.50 bits per heavy atom. The first-order chi connectivity index (χ1) is 6.64. The number of hydrogen-bond donors (Lipinski definition) is 1. The predicted molar refractivity (Wildman–Crippen MR) is 60.3 cm³/mol. The topological polar surface area (TPSA) is 26.0 Å². The van der Waals surface area contributed by atoms with Gasteiger partial charge in [0.1, 0.15) is 0 Å². The largest absolute Gasteiger partial charge is 0.321 e. The van der Waals surface area contributed by atoms with Crippen LogP contribution in [0.3, 0.4) is 0 Å². The van der Waals surface area contributed by atoms with Gasteiger partial charge in [-0.2, -0.15) is 0 Å². The minimum absolute atomic E-state index is 0.106. The van der Waals surface area contributed by atoms with Crippen molar-refractivity contribution in [2.45, 2.75) is 31.7 Å². The quantitative estimate of drug-likeness (QED) is 0.795. The van der Waals surface area contributed by atoms with Crippen LogP contribution in [-0.4, -0.2) is 0 Å². The third kappa shape index (κ3) is 1.67. The van der Waals surface area contributed by atoms with Crippen LogP contribution < -0.4 is 5.73 Å². The van der Waals surface area contributed by atoms with Crippen molar-refractivity contribution >= 4 is 11.6 Å². The van der Waals surface area contributed by atoms with Crippen LogP contribution in [0.15, 0.2) is 24.3 Å². The zero-order valence-electron chi connectivity index (χ0n) is 8.46. The summed E-state index contributed by atoms with van der Waals surface area (Å²) >= 11 is 5.95. The Bertz CT molecular complexity index is 329. The molecule has 0 spiro atoms. The lowest BCUT2D eigenvalue weighted by Gasteiger charge is -2.45. The van der Waals surface area contributed by atoms with Crippen molar-refractivity contribution in [3.63, 3.8) is 0 Å². The van der Waals surface area contributed by atoms with Crippen molar-refractivity contribution in [3.8, 4) is 0 Å². The lowest BCUT2D eigenvalue weighted by Crippen LogP contribution is -2.48. The van der Waals surface area contributed by atoms with Crippen molar-refractivity contribution < 1.29 is 0 Å². The Kier molecular flexibility index (Phi) is 2.54. The molecule has 0 aliphatic heterocycles. The zero-order chi connectivity index (χ0) is 10.2. The molecule has 1 aromatic carbocycles. The predicted octanol–water partition coefficient (Wildman–Crippen LogP) is 3.31. The van der Waals surface area contributed by atoms with E-state index < -0.39 is 0 Å². The van der Waals surface area contributed by atoms with E-state index >= 15 is 0 Å². The van der Waals surface area contributed by atoms with Gasteiger partial charge in [0.2, 0.25) is 0 Å². The lowest BCUT2D eigenvalue weighted by atomic mass is 9.64. The molecule has 1 aliphatic carbocycles. The van der Waals surface area contributed by atoms with Gasteiger partial charge in [-0.3, -0.25) is 0 Å². The summed E-state index contributed by atoms with van der Waals surface area (Å²) in [4.78, 5) is 0. The van der Waals surface area contributed by atoms with Gasteiger partial charge in [-0.1, -0.05) is 37.1 Å². The van der Waals surface area contributed by atoms with Gasteiger partial charge in [0.25, 0.3) is 0 Å². The summed E-state index contributed by atoms with van der Waals surface area (Å²) in [7, 11) is 0. The Hall–Kier alpha value is -0.530. The molecule has 0 bridgehead atoms. The first-order valence-corrected chi connectivity index (χ1v) is 5.57. The van der Waals surface area contributed by atoms with E-state index in [0.717, 1.165) is 23.8 Å². The van der Waals surface area contributed by atoms with E-state index in [0.29, 0.717) is 0 Å². The van der Waals surface area contributed by atoms with Gasteiger partial charge in [-0.15, -0.1) is 0 Å². The number of hydrogen-bond acceptors (Lipinski definition) is 1. The Morgan fingerprint density at radius 2 is 2.21 bits per heavy atom. The number of nitrogens with two attached hydrogens (primary N) is 1. The molecule has 0 saturated heterocycles. The van der Waals surface area contributed by atoms with E-state index in [1.807, 2.05) is 18.2 Å². The summed E-state index contributed by atoms with van der Waals surface area (Å²) in [6.07, 6.45) is 3.44. The molecule has 1 saturated carbocycles. The Labute approximate surface area is 90.3 Å². The number of halogens is 1. The van der Waals surface area contributed by atoms with Gasteiger partial charge in [0, 0.05) is 10.6 Å². The van der Waals surface area contributed by atoms with Crippen molar-refractivity contribution in [2.75, 3.05) is 0 Å². The summed E-state index contributed by atoms with van der Waals surface area (Å²) in [6, 6.07) is 7.95. The fourth-order valence-electron chi connectivity index (χ4n) is 2.29. The second kappa shape index (κ2) is 3.56. The second-order valence-corrected chi connectivity index (χ2v) is 4.79. The van der Waals surface area contributed by atoms with E-state index in [9.17, 15) is 0 Å². The van der Waals surface area contributed by atoms with Crippen LogP contribution in [0.4, 0.5) is 0 Å². The molecule has 1 fully saturated rings. The summed E-state index contributed by atoms with van der Waals surface area (Å²) in [6.45, 7) is 2.22. The SMILES string of the molecule is CCC1CC(N)(c2cccc(Cl)c2)C1. The molecule has 2 N–H and O–H groups in total. The Balaban J connectivity index is 2.16. The standard InChI is InChI=1S/C12H16ClN/c1-2-9-7-12(14,8-9)10-4-3-5-11(13)6-10/h3-6,9H,2,7-8,14H2,1H3. The maximum Gasteiger partial charge on any atom is 0.0415 e. The highest BCUT2D eigenvalue weighted by Gasteiger charge is 2.41. The highest BCUT2D eigenvalue weighted by molar-refractivity contribution is 6.30. The summed E-state index contributed by atoms with van der Waals surface area (Å²) in [5.74, 6) is 0.805. The van der Waals surface area contributed by atoms with Crippen LogP contribution in [0.2, 0.25) is 5.02 Å². The fraction of sp³-hybridized carbons (Fsp3) is 0.500. The first kappa shape index (κ1) is 10.0. The minimum Gasteiger partial charge on any atom is -0.321 e. The molecule has 0 heterocycles. The molecule has 0 amide bonds. The molecular formula is C12H16ClN. The molecule has 1 nitrogen and oxygen atoms in total. The second-order valence-electron chi connectivity index (χ2n) is 4.35. The molecule has 0 atom stereocenters. The van der Waals surface area contributed by atoms with Crippen LogP contribution in [-0.2, 0) is 5.54 Å². The van der Waals surface area contributed by atoms with Crippen LogP contribution in [0.5, 0.6) is 0 Å². The smallest absolute Gasteiger partial charge is 0.0415 e.